The van der Waals surface area contributed by atoms with Gasteiger partial charge in [0.25, 0.3) is 0 Å². The summed E-state index contributed by atoms with van der Waals surface area (Å²) in [6.07, 6.45) is 8.22. The highest BCUT2D eigenvalue weighted by molar-refractivity contribution is 7.91. The number of aryl methyl sites for hydroxylation is 1. The van der Waals surface area contributed by atoms with Crippen LogP contribution in [0.15, 0.2) is 23.4 Å². The molecule has 3 aromatic rings. The van der Waals surface area contributed by atoms with Crippen LogP contribution in [0.1, 0.15) is 43.1 Å². The number of aromatic amines is 1. The van der Waals surface area contributed by atoms with Gasteiger partial charge in [-0.05, 0) is 42.9 Å². The van der Waals surface area contributed by atoms with Gasteiger partial charge in [-0.3, -0.25) is 4.98 Å². The molecule has 3 aliphatic heterocycles. The Hall–Kier alpha value is -2.43. The van der Waals surface area contributed by atoms with Crippen molar-refractivity contribution in [2.24, 2.45) is 0 Å². The third-order valence-electron chi connectivity index (χ3n) is 6.70. The fraction of sp³-hybridized carbons (Fsp3) is 0.545. The predicted molar refractivity (Wildman–Crippen MR) is 123 cm³/mol. The van der Waals surface area contributed by atoms with Crippen molar-refractivity contribution in [3.8, 4) is 0 Å². The summed E-state index contributed by atoms with van der Waals surface area (Å²) in [4.78, 5) is 25.2. The van der Waals surface area contributed by atoms with Gasteiger partial charge in [0.15, 0.2) is 5.82 Å². The van der Waals surface area contributed by atoms with Gasteiger partial charge in [-0.15, -0.1) is 0 Å². The number of imidazole rings is 1. The second-order valence-corrected chi connectivity index (χ2v) is 10.3. The molecule has 1 unspecified atom stereocenters. The normalized spacial score (nSPS) is 22.4. The van der Waals surface area contributed by atoms with Crippen LogP contribution in [0.25, 0.3) is 11.0 Å². The van der Waals surface area contributed by atoms with Crippen LogP contribution < -0.4 is 10.2 Å². The molecule has 6 heterocycles. The van der Waals surface area contributed by atoms with Crippen molar-refractivity contribution in [2.75, 3.05) is 42.3 Å². The van der Waals surface area contributed by atoms with E-state index in [1.165, 1.54) is 0 Å². The summed E-state index contributed by atoms with van der Waals surface area (Å²) in [5.41, 5.74) is 2.90. The fourth-order valence-electron chi connectivity index (χ4n) is 4.88. The topological polar surface area (TPSA) is 115 Å². The van der Waals surface area contributed by atoms with E-state index < -0.39 is 11.2 Å². The third-order valence-corrected chi connectivity index (χ3v) is 8.16. The summed E-state index contributed by atoms with van der Waals surface area (Å²) >= 11 is -1.02. The highest BCUT2D eigenvalue weighted by atomic mass is 32.2. The molecule has 2 saturated heterocycles. The number of nitrogens with zero attached hydrogens (tertiary/aromatic N) is 5. The van der Waals surface area contributed by atoms with Crippen molar-refractivity contribution in [3.63, 3.8) is 0 Å². The first-order valence-electron chi connectivity index (χ1n) is 11.4. The number of hydrogen-bond donors (Lipinski definition) is 2. The molecule has 32 heavy (non-hydrogen) atoms. The highest BCUT2D eigenvalue weighted by Gasteiger charge is 2.34. The minimum atomic E-state index is -1.02. The quantitative estimate of drug-likeness (QED) is 0.579. The second-order valence-electron chi connectivity index (χ2n) is 8.75. The van der Waals surface area contributed by atoms with E-state index in [1.807, 2.05) is 12.3 Å². The summed E-state index contributed by atoms with van der Waals surface area (Å²) in [6.45, 7) is 3.26. The summed E-state index contributed by atoms with van der Waals surface area (Å²) in [5.74, 6) is 3.59. The Bertz CT molecular complexity index is 1080. The van der Waals surface area contributed by atoms with Crippen LogP contribution in [0.5, 0.6) is 0 Å². The van der Waals surface area contributed by atoms with Gasteiger partial charge in [-0.2, -0.15) is 4.98 Å². The Kier molecular flexibility index (Phi) is 5.36. The van der Waals surface area contributed by atoms with Crippen LogP contribution >= 0.6 is 0 Å². The van der Waals surface area contributed by atoms with Crippen LogP contribution in [0.4, 0.5) is 11.8 Å². The van der Waals surface area contributed by atoms with Crippen molar-refractivity contribution in [1.29, 1.82) is 0 Å². The molecular weight excluding hydrogens is 426 g/mol. The Morgan fingerprint density at radius 3 is 2.78 bits per heavy atom. The molecule has 3 aromatic heterocycles. The summed E-state index contributed by atoms with van der Waals surface area (Å²) in [5, 5.41) is 3.57. The number of anilines is 2. The number of nitrogens with one attached hydrogen (secondary N) is 2. The van der Waals surface area contributed by atoms with Gasteiger partial charge in [0.1, 0.15) is 17.3 Å². The molecule has 0 aliphatic carbocycles. The minimum absolute atomic E-state index is 0.307. The van der Waals surface area contributed by atoms with Crippen molar-refractivity contribution >= 4 is 34.0 Å². The Morgan fingerprint density at radius 1 is 1.12 bits per heavy atom. The molecule has 0 spiro atoms. The van der Waals surface area contributed by atoms with E-state index in [4.69, 9.17) is 19.7 Å². The van der Waals surface area contributed by atoms with Gasteiger partial charge >= 0.3 is 0 Å². The first-order chi connectivity index (χ1) is 15.7. The van der Waals surface area contributed by atoms with E-state index in [-0.39, 0.29) is 0 Å². The van der Waals surface area contributed by atoms with Crippen LogP contribution in [0.2, 0.25) is 0 Å². The molecule has 2 fully saturated rings. The number of H-pyrrole nitrogens is 1. The molecule has 0 radical (unpaired) electrons. The SMILES string of the molecule is [O-][S+]1CCc2nc(N3CCC(c4nc5ccncc5[nH]4)CC3)nc(NC3CCOCC3)c21. The Morgan fingerprint density at radius 2 is 1.97 bits per heavy atom. The van der Waals surface area contributed by atoms with E-state index >= 15 is 0 Å². The molecule has 0 bridgehead atoms. The third kappa shape index (κ3) is 3.80. The summed E-state index contributed by atoms with van der Waals surface area (Å²) in [7, 11) is 0. The lowest BCUT2D eigenvalue weighted by Gasteiger charge is -2.32. The number of ether oxygens (including phenoxy) is 1. The summed E-state index contributed by atoms with van der Waals surface area (Å²) < 4.78 is 18.1. The van der Waals surface area contributed by atoms with Crippen LogP contribution in [-0.2, 0) is 22.3 Å². The maximum atomic E-state index is 12.6. The lowest BCUT2D eigenvalue weighted by molar-refractivity contribution is 0.0903. The van der Waals surface area contributed by atoms with E-state index in [0.717, 1.165) is 97.6 Å². The predicted octanol–water partition coefficient (Wildman–Crippen LogP) is 2.39. The number of hydrogen-bond acceptors (Lipinski definition) is 8. The number of rotatable bonds is 4. The molecule has 1 atom stereocenters. The molecular formula is C22H27N7O2S. The lowest BCUT2D eigenvalue weighted by atomic mass is 9.96. The second kappa shape index (κ2) is 8.49. The van der Waals surface area contributed by atoms with Gasteiger partial charge in [0.05, 0.1) is 17.2 Å². The Balaban J connectivity index is 1.20. The number of piperidine rings is 1. The highest BCUT2D eigenvalue weighted by Crippen LogP contribution is 2.35. The zero-order valence-corrected chi connectivity index (χ0v) is 18.7. The largest absolute Gasteiger partial charge is 0.611 e. The smallest absolute Gasteiger partial charge is 0.227 e. The zero-order chi connectivity index (χ0) is 21.5. The average Bonchev–Trinajstić information content (AvgIpc) is 3.44. The molecule has 2 N–H and O–H groups in total. The number of pyridine rings is 1. The van der Waals surface area contributed by atoms with Crippen molar-refractivity contribution in [3.05, 3.63) is 30.0 Å². The average molecular weight is 454 g/mol. The first-order valence-corrected chi connectivity index (χ1v) is 12.7. The van der Waals surface area contributed by atoms with Gasteiger partial charge in [0.2, 0.25) is 10.8 Å². The fourth-order valence-corrected chi connectivity index (χ4v) is 6.20. The molecule has 168 valence electrons. The lowest BCUT2D eigenvalue weighted by Crippen LogP contribution is -2.35. The molecule has 3 aliphatic rings. The van der Waals surface area contributed by atoms with Crippen molar-refractivity contribution in [1.82, 2.24) is 24.9 Å². The Labute approximate surface area is 189 Å². The van der Waals surface area contributed by atoms with E-state index in [9.17, 15) is 4.55 Å². The minimum Gasteiger partial charge on any atom is -0.611 e. The molecule has 10 heteroatoms. The van der Waals surface area contributed by atoms with Crippen LogP contribution in [-0.4, -0.2) is 67.6 Å². The van der Waals surface area contributed by atoms with Crippen LogP contribution in [0, 0.1) is 0 Å². The molecule has 0 saturated carbocycles. The van der Waals surface area contributed by atoms with E-state index in [0.29, 0.717) is 17.7 Å². The van der Waals surface area contributed by atoms with Crippen molar-refractivity contribution < 1.29 is 9.29 Å². The maximum absolute atomic E-state index is 12.6. The standard InChI is InChI=1S/C22H27N7O2S/c30-32-12-6-17-19(32)21(24-15-4-10-31-11-5-15)28-22(27-17)29-8-2-14(3-9-29)20-25-16-1-7-23-13-18(16)26-20/h1,7,13-15H,2-6,8-12H2,(H,25,26)(H,24,27,28). The van der Waals surface area contributed by atoms with E-state index in [1.54, 1.807) is 6.20 Å². The van der Waals surface area contributed by atoms with Gasteiger partial charge in [-0.25, -0.2) is 9.97 Å². The van der Waals surface area contributed by atoms with Gasteiger partial charge in [-0.1, -0.05) is 0 Å². The number of aromatic nitrogens is 5. The molecule has 0 amide bonds. The number of fused-ring (bicyclic) bond motifs is 2. The van der Waals surface area contributed by atoms with Crippen LogP contribution in [0.3, 0.4) is 0 Å². The molecule has 0 aromatic carbocycles. The molecule has 6 rings (SSSR count). The zero-order valence-electron chi connectivity index (χ0n) is 17.9. The monoisotopic (exact) mass is 453 g/mol. The summed E-state index contributed by atoms with van der Waals surface area (Å²) in [6, 6.07) is 2.25. The molecule has 9 nitrogen and oxygen atoms in total. The first kappa shape index (κ1) is 20.2. The van der Waals surface area contributed by atoms with Crippen molar-refractivity contribution in [2.45, 2.75) is 49.0 Å². The van der Waals surface area contributed by atoms with Gasteiger partial charge < -0.3 is 24.5 Å². The van der Waals surface area contributed by atoms with Gasteiger partial charge in [0, 0.05) is 50.9 Å². The van der Waals surface area contributed by atoms with E-state index in [2.05, 4.69) is 20.2 Å². The maximum Gasteiger partial charge on any atom is 0.227 e.